The van der Waals surface area contributed by atoms with Gasteiger partial charge < -0.3 is 9.47 Å². The Morgan fingerprint density at radius 2 is 1.85 bits per heavy atom. The van der Waals surface area contributed by atoms with Gasteiger partial charge in [-0.2, -0.15) is 0 Å². The Morgan fingerprint density at radius 1 is 1.11 bits per heavy atom. The van der Waals surface area contributed by atoms with Gasteiger partial charge in [-0.15, -0.1) is 0 Å². The van der Waals surface area contributed by atoms with Gasteiger partial charge in [0.25, 0.3) is 0 Å². The van der Waals surface area contributed by atoms with E-state index < -0.39 is 0 Å². The Morgan fingerprint density at radius 3 is 2.56 bits per heavy atom. The third kappa shape index (κ3) is 3.91. The standard InChI is InChI=1S/C23H25NO3/c1-16-8-17(2)10-19(9-16)20-11-21-14-26-15-22(12-20)24(21)23(25)27-13-18-6-4-3-5-7-18/h3-11,21-22H,12-15H2,1-2H3. The molecule has 4 rings (SSSR count). The quantitative estimate of drug-likeness (QED) is 0.806. The molecule has 0 N–H and O–H groups in total. The zero-order valence-electron chi connectivity index (χ0n) is 15.9. The maximum absolute atomic E-state index is 12.8. The maximum Gasteiger partial charge on any atom is 0.411 e. The molecule has 1 saturated heterocycles. The van der Waals surface area contributed by atoms with Gasteiger partial charge in [-0.1, -0.05) is 65.7 Å². The molecule has 0 aromatic heterocycles. The summed E-state index contributed by atoms with van der Waals surface area (Å²) in [5, 5.41) is 0. The van der Waals surface area contributed by atoms with Gasteiger partial charge >= 0.3 is 6.09 Å². The Hall–Kier alpha value is -2.59. The lowest BCUT2D eigenvalue weighted by atomic mass is 9.89. The number of hydrogen-bond acceptors (Lipinski definition) is 3. The van der Waals surface area contributed by atoms with Crippen LogP contribution >= 0.6 is 0 Å². The highest BCUT2D eigenvalue weighted by Crippen LogP contribution is 2.33. The zero-order valence-corrected chi connectivity index (χ0v) is 15.9. The van der Waals surface area contributed by atoms with E-state index in [9.17, 15) is 4.79 Å². The summed E-state index contributed by atoms with van der Waals surface area (Å²) < 4.78 is 11.3. The highest BCUT2D eigenvalue weighted by atomic mass is 16.6. The van der Waals surface area contributed by atoms with Crippen molar-refractivity contribution in [3.05, 3.63) is 76.9 Å². The van der Waals surface area contributed by atoms with Crippen LogP contribution in [-0.4, -0.2) is 36.3 Å². The van der Waals surface area contributed by atoms with E-state index in [4.69, 9.17) is 9.47 Å². The summed E-state index contributed by atoms with van der Waals surface area (Å²) >= 11 is 0. The van der Waals surface area contributed by atoms with Gasteiger partial charge in [-0.05, 0) is 37.0 Å². The lowest BCUT2D eigenvalue weighted by molar-refractivity contribution is -0.0342. The third-order valence-corrected chi connectivity index (χ3v) is 5.21. The molecule has 2 aliphatic heterocycles. The molecule has 27 heavy (non-hydrogen) atoms. The van der Waals surface area contributed by atoms with Crippen molar-refractivity contribution < 1.29 is 14.3 Å². The van der Waals surface area contributed by atoms with Crippen LogP contribution in [0.3, 0.4) is 0 Å². The van der Waals surface area contributed by atoms with E-state index in [0.29, 0.717) is 19.8 Å². The first kappa shape index (κ1) is 17.8. The van der Waals surface area contributed by atoms with Crippen LogP contribution in [0.2, 0.25) is 0 Å². The average Bonchev–Trinajstić information content (AvgIpc) is 2.65. The highest BCUT2D eigenvalue weighted by molar-refractivity contribution is 5.75. The number of aryl methyl sites for hydroxylation is 2. The van der Waals surface area contributed by atoms with Gasteiger partial charge in [0.15, 0.2) is 0 Å². The molecule has 0 saturated carbocycles. The number of morpholine rings is 1. The van der Waals surface area contributed by atoms with Crippen LogP contribution < -0.4 is 0 Å². The predicted octanol–water partition coefficient (Wildman–Crippen LogP) is 4.50. The SMILES string of the molecule is Cc1cc(C)cc(C2=CC3COCC(C2)N3C(=O)OCc2ccccc2)c1. The first-order valence-corrected chi connectivity index (χ1v) is 9.46. The molecule has 1 fully saturated rings. The summed E-state index contributed by atoms with van der Waals surface area (Å²) in [4.78, 5) is 14.6. The molecular weight excluding hydrogens is 338 g/mol. The molecular formula is C23H25NO3. The monoisotopic (exact) mass is 363 g/mol. The van der Waals surface area contributed by atoms with E-state index in [0.717, 1.165) is 12.0 Å². The summed E-state index contributed by atoms with van der Waals surface area (Å²) in [7, 11) is 0. The van der Waals surface area contributed by atoms with Gasteiger partial charge in [0, 0.05) is 0 Å². The number of carbonyl (C=O) groups excluding carboxylic acids is 1. The molecule has 0 radical (unpaired) electrons. The van der Waals surface area contributed by atoms with Crippen LogP contribution in [0.15, 0.2) is 54.6 Å². The number of nitrogens with zero attached hydrogens (tertiary/aromatic N) is 1. The first-order chi connectivity index (χ1) is 13.1. The van der Waals surface area contributed by atoms with E-state index >= 15 is 0 Å². The Labute approximate surface area is 160 Å². The van der Waals surface area contributed by atoms with Crippen LogP contribution in [0.1, 0.15) is 28.7 Å². The summed E-state index contributed by atoms with van der Waals surface area (Å²) in [5.41, 5.74) is 6.07. The minimum Gasteiger partial charge on any atom is -0.445 e. The summed E-state index contributed by atoms with van der Waals surface area (Å²) in [6, 6.07) is 16.4. The van der Waals surface area contributed by atoms with E-state index in [2.05, 4.69) is 38.1 Å². The molecule has 2 unspecified atom stereocenters. The largest absolute Gasteiger partial charge is 0.445 e. The average molecular weight is 363 g/mol. The number of benzene rings is 2. The van der Waals surface area contributed by atoms with Crippen LogP contribution in [0.5, 0.6) is 0 Å². The topological polar surface area (TPSA) is 38.8 Å². The Balaban J connectivity index is 1.52. The third-order valence-electron chi connectivity index (χ3n) is 5.21. The predicted molar refractivity (Wildman–Crippen MR) is 105 cm³/mol. The number of amides is 1. The smallest absolute Gasteiger partial charge is 0.411 e. The second-order valence-electron chi connectivity index (χ2n) is 7.48. The molecule has 4 heteroatoms. The molecule has 2 atom stereocenters. The molecule has 1 amide bonds. The summed E-state index contributed by atoms with van der Waals surface area (Å²) in [5.74, 6) is 0. The van der Waals surface area contributed by atoms with Crippen molar-refractivity contribution in [1.82, 2.24) is 4.90 Å². The van der Waals surface area contributed by atoms with Crippen molar-refractivity contribution in [2.45, 2.75) is 39.0 Å². The van der Waals surface area contributed by atoms with Crippen molar-refractivity contribution in [1.29, 1.82) is 0 Å². The molecule has 2 aliphatic rings. The van der Waals surface area contributed by atoms with Gasteiger partial charge in [-0.3, -0.25) is 4.90 Å². The second kappa shape index (κ2) is 7.57. The van der Waals surface area contributed by atoms with Crippen molar-refractivity contribution >= 4 is 11.7 Å². The van der Waals surface area contributed by atoms with Crippen LogP contribution in [-0.2, 0) is 16.1 Å². The van der Waals surface area contributed by atoms with E-state index in [-0.39, 0.29) is 18.2 Å². The molecule has 0 aliphatic carbocycles. The Kier molecular flexibility index (Phi) is 4.99. The molecule has 2 aromatic rings. The highest BCUT2D eigenvalue weighted by Gasteiger charge is 2.39. The van der Waals surface area contributed by atoms with Crippen molar-refractivity contribution in [2.24, 2.45) is 0 Å². The van der Waals surface area contributed by atoms with Gasteiger partial charge in [-0.25, -0.2) is 4.79 Å². The fraction of sp³-hybridized carbons (Fsp3) is 0.348. The lowest BCUT2D eigenvalue weighted by Crippen LogP contribution is -2.56. The lowest BCUT2D eigenvalue weighted by Gasteiger charge is -2.43. The van der Waals surface area contributed by atoms with Gasteiger partial charge in [0.2, 0.25) is 0 Å². The summed E-state index contributed by atoms with van der Waals surface area (Å²) in [6.45, 7) is 5.61. The summed E-state index contributed by atoms with van der Waals surface area (Å²) in [6.07, 6.45) is 2.71. The molecule has 0 spiro atoms. The van der Waals surface area contributed by atoms with Crippen LogP contribution in [0.4, 0.5) is 4.79 Å². The normalized spacial score (nSPS) is 21.6. The molecule has 2 bridgehead atoms. The van der Waals surface area contributed by atoms with E-state index in [1.54, 1.807) is 0 Å². The fourth-order valence-corrected chi connectivity index (χ4v) is 4.05. The number of fused-ring (bicyclic) bond motifs is 2. The van der Waals surface area contributed by atoms with E-state index in [1.807, 2.05) is 35.2 Å². The van der Waals surface area contributed by atoms with Crippen molar-refractivity contribution in [3.8, 4) is 0 Å². The van der Waals surface area contributed by atoms with E-state index in [1.165, 1.54) is 22.3 Å². The van der Waals surface area contributed by atoms with Crippen molar-refractivity contribution in [2.75, 3.05) is 13.2 Å². The van der Waals surface area contributed by atoms with Gasteiger partial charge in [0.1, 0.15) is 6.61 Å². The molecule has 2 aromatic carbocycles. The minimum absolute atomic E-state index is 0.0211. The number of ether oxygens (including phenoxy) is 2. The second-order valence-corrected chi connectivity index (χ2v) is 7.48. The maximum atomic E-state index is 12.8. The molecule has 4 nitrogen and oxygen atoms in total. The van der Waals surface area contributed by atoms with Crippen molar-refractivity contribution in [3.63, 3.8) is 0 Å². The molecule has 2 heterocycles. The minimum atomic E-state index is -0.257. The zero-order chi connectivity index (χ0) is 18.8. The Bertz CT molecular complexity index is 839. The van der Waals surface area contributed by atoms with Gasteiger partial charge in [0.05, 0.1) is 25.3 Å². The first-order valence-electron chi connectivity index (χ1n) is 9.46. The fourth-order valence-electron chi connectivity index (χ4n) is 4.05. The van der Waals surface area contributed by atoms with Crippen LogP contribution in [0.25, 0.3) is 5.57 Å². The number of rotatable bonds is 3. The molecule has 140 valence electrons. The number of carbonyl (C=O) groups is 1. The number of hydrogen-bond donors (Lipinski definition) is 0. The van der Waals surface area contributed by atoms with Crippen LogP contribution in [0, 0.1) is 13.8 Å².